The normalized spacial score (nSPS) is 11.0. The van der Waals surface area contributed by atoms with Gasteiger partial charge in [0.1, 0.15) is 18.2 Å². The first-order valence-electron chi connectivity index (χ1n) is 9.60. The van der Waals surface area contributed by atoms with E-state index in [1.807, 2.05) is 51.1 Å². The lowest BCUT2D eigenvalue weighted by Crippen LogP contribution is -2.25. The predicted molar refractivity (Wildman–Crippen MR) is 113 cm³/mol. The molecule has 0 bridgehead atoms. The van der Waals surface area contributed by atoms with Crippen LogP contribution in [0, 0.1) is 13.8 Å². The molecule has 0 unspecified atom stereocenters. The molecule has 0 saturated heterocycles. The highest BCUT2D eigenvalue weighted by Gasteiger charge is 2.11. The Labute approximate surface area is 170 Å². The third-order valence-corrected chi connectivity index (χ3v) is 5.32. The molecule has 0 atom stereocenters. The van der Waals surface area contributed by atoms with Crippen LogP contribution in [-0.4, -0.2) is 28.6 Å². The van der Waals surface area contributed by atoms with Crippen LogP contribution in [0.1, 0.15) is 30.3 Å². The van der Waals surface area contributed by atoms with Crippen molar-refractivity contribution in [3.05, 3.63) is 58.4 Å². The predicted octanol–water partition coefficient (Wildman–Crippen LogP) is 4.45. The van der Waals surface area contributed by atoms with E-state index >= 15 is 0 Å². The zero-order valence-corrected chi connectivity index (χ0v) is 17.3. The van der Waals surface area contributed by atoms with E-state index in [9.17, 15) is 4.79 Å². The maximum atomic E-state index is 11.5. The highest BCUT2D eigenvalue weighted by atomic mass is 35.5. The van der Waals surface area contributed by atoms with E-state index in [0.29, 0.717) is 32.5 Å². The van der Waals surface area contributed by atoms with Crippen LogP contribution in [0.4, 0.5) is 0 Å². The molecule has 0 radical (unpaired) electrons. The Kier molecular flexibility index (Phi) is 6.57. The number of carbonyl (C=O) groups is 1. The van der Waals surface area contributed by atoms with Crippen molar-refractivity contribution in [2.45, 2.75) is 40.2 Å². The van der Waals surface area contributed by atoms with Gasteiger partial charge in [-0.05, 0) is 49.2 Å². The van der Waals surface area contributed by atoms with Crippen LogP contribution in [0.2, 0.25) is 5.02 Å². The Bertz CT molecular complexity index is 958. The number of para-hydroxylation sites is 2. The summed E-state index contributed by atoms with van der Waals surface area (Å²) in [5.74, 6) is 1.82. The van der Waals surface area contributed by atoms with Gasteiger partial charge in [-0.1, -0.05) is 30.7 Å². The number of nitrogens with one attached hydrogen (secondary N) is 1. The van der Waals surface area contributed by atoms with Crippen molar-refractivity contribution in [3.63, 3.8) is 0 Å². The van der Waals surface area contributed by atoms with Crippen LogP contribution in [0.5, 0.6) is 5.75 Å². The maximum absolute atomic E-state index is 11.5. The van der Waals surface area contributed by atoms with Crippen molar-refractivity contribution in [1.82, 2.24) is 14.9 Å². The van der Waals surface area contributed by atoms with E-state index in [1.165, 1.54) is 0 Å². The van der Waals surface area contributed by atoms with Gasteiger partial charge in [0.05, 0.1) is 17.6 Å². The van der Waals surface area contributed by atoms with Crippen LogP contribution >= 0.6 is 11.6 Å². The van der Waals surface area contributed by atoms with Crippen LogP contribution < -0.4 is 10.1 Å². The lowest BCUT2D eigenvalue weighted by atomic mass is 10.1. The molecule has 148 valence electrons. The Hall–Kier alpha value is -2.53. The molecule has 1 N–H and O–H groups in total. The maximum Gasteiger partial charge on any atom is 0.219 e. The average molecular weight is 400 g/mol. The van der Waals surface area contributed by atoms with Crippen LogP contribution in [0.3, 0.4) is 0 Å². The minimum absolute atomic E-state index is 0.0551. The van der Waals surface area contributed by atoms with E-state index in [-0.39, 0.29) is 5.91 Å². The number of rotatable bonds is 8. The molecule has 0 spiro atoms. The lowest BCUT2D eigenvalue weighted by molar-refractivity contribution is -0.120. The molecular weight excluding hydrogens is 374 g/mol. The number of aromatic nitrogens is 2. The summed E-state index contributed by atoms with van der Waals surface area (Å²) in [7, 11) is 0. The summed E-state index contributed by atoms with van der Waals surface area (Å²) in [6.07, 6.45) is 1.17. The Morgan fingerprint density at radius 3 is 2.64 bits per heavy atom. The van der Waals surface area contributed by atoms with Gasteiger partial charge in [-0.25, -0.2) is 4.98 Å². The van der Waals surface area contributed by atoms with Crippen molar-refractivity contribution in [3.8, 4) is 5.75 Å². The quantitative estimate of drug-likeness (QED) is 0.608. The second kappa shape index (κ2) is 9.11. The van der Waals surface area contributed by atoms with Crippen molar-refractivity contribution < 1.29 is 9.53 Å². The molecule has 0 aliphatic carbocycles. The number of aryl methyl sites for hydroxylation is 2. The fourth-order valence-corrected chi connectivity index (χ4v) is 3.36. The number of ether oxygens (including phenoxy) is 1. The third-order valence-electron chi connectivity index (χ3n) is 4.72. The summed E-state index contributed by atoms with van der Waals surface area (Å²) < 4.78 is 8.15. The Morgan fingerprint density at radius 1 is 1.21 bits per heavy atom. The number of nitrogens with zero attached hydrogens (tertiary/aromatic N) is 2. The molecule has 5 nitrogen and oxygen atoms in total. The third kappa shape index (κ3) is 4.65. The van der Waals surface area contributed by atoms with Crippen molar-refractivity contribution in [2.75, 3.05) is 13.2 Å². The number of halogens is 1. The first-order chi connectivity index (χ1) is 13.5. The van der Waals surface area contributed by atoms with Gasteiger partial charge in [0.2, 0.25) is 5.91 Å². The van der Waals surface area contributed by atoms with Crippen LogP contribution in [-0.2, 0) is 17.8 Å². The summed E-state index contributed by atoms with van der Waals surface area (Å²) in [6.45, 7) is 7.59. The molecule has 6 heteroatoms. The molecule has 0 aliphatic heterocycles. The molecule has 1 heterocycles. The highest BCUT2D eigenvalue weighted by molar-refractivity contribution is 6.32. The first-order valence-corrected chi connectivity index (χ1v) is 9.97. The second-order valence-electron chi connectivity index (χ2n) is 6.84. The first kappa shape index (κ1) is 20.2. The largest absolute Gasteiger partial charge is 0.492 e. The molecule has 2 aromatic carbocycles. The topological polar surface area (TPSA) is 56.2 Å². The van der Waals surface area contributed by atoms with Crippen molar-refractivity contribution in [2.24, 2.45) is 0 Å². The van der Waals surface area contributed by atoms with Gasteiger partial charge in [-0.15, -0.1) is 0 Å². The summed E-state index contributed by atoms with van der Waals surface area (Å²) in [4.78, 5) is 16.2. The molecule has 1 aromatic heterocycles. The molecular formula is C22H26ClN3O2. The summed E-state index contributed by atoms with van der Waals surface area (Å²) in [6, 6.07) is 12.0. The molecule has 28 heavy (non-hydrogen) atoms. The van der Waals surface area contributed by atoms with E-state index < -0.39 is 0 Å². The number of fused-ring (bicyclic) bond motifs is 1. The highest BCUT2D eigenvalue weighted by Crippen LogP contribution is 2.26. The fourth-order valence-electron chi connectivity index (χ4n) is 3.25. The SMILES string of the molecule is CCC(=O)NCCc1nc2ccccc2n1CCOc1cc(C)c(Cl)c(C)c1. The number of hydrogen-bond donors (Lipinski definition) is 1. The average Bonchev–Trinajstić information content (AvgIpc) is 3.03. The molecule has 3 aromatic rings. The van der Waals surface area contributed by atoms with E-state index in [2.05, 4.69) is 16.0 Å². The second-order valence-corrected chi connectivity index (χ2v) is 7.22. The van der Waals surface area contributed by atoms with E-state index in [4.69, 9.17) is 21.3 Å². The minimum atomic E-state index is 0.0551. The summed E-state index contributed by atoms with van der Waals surface area (Å²) in [5, 5.41) is 3.70. The molecule has 0 aliphatic rings. The van der Waals surface area contributed by atoms with Gasteiger partial charge in [-0.3, -0.25) is 4.79 Å². The number of amides is 1. The van der Waals surface area contributed by atoms with Gasteiger partial charge in [0, 0.05) is 24.4 Å². The fraction of sp³-hybridized carbons (Fsp3) is 0.364. The number of hydrogen-bond acceptors (Lipinski definition) is 3. The number of imidazole rings is 1. The molecule has 0 fully saturated rings. The van der Waals surface area contributed by atoms with Crippen molar-refractivity contribution >= 4 is 28.5 Å². The van der Waals surface area contributed by atoms with Gasteiger partial charge < -0.3 is 14.6 Å². The zero-order chi connectivity index (χ0) is 20.1. The zero-order valence-electron chi connectivity index (χ0n) is 16.6. The van der Waals surface area contributed by atoms with Crippen molar-refractivity contribution in [1.29, 1.82) is 0 Å². The van der Waals surface area contributed by atoms with E-state index in [1.54, 1.807) is 0 Å². The number of carbonyl (C=O) groups excluding carboxylic acids is 1. The van der Waals surface area contributed by atoms with Gasteiger partial charge in [0.15, 0.2) is 0 Å². The molecule has 0 saturated carbocycles. The summed E-state index contributed by atoms with van der Waals surface area (Å²) >= 11 is 6.23. The smallest absolute Gasteiger partial charge is 0.219 e. The molecule has 3 rings (SSSR count). The molecule has 1 amide bonds. The van der Waals surface area contributed by atoms with Gasteiger partial charge in [0.25, 0.3) is 0 Å². The van der Waals surface area contributed by atoms with Gasteiger partial charge in [-0.2, -0.15) is 0 Å². The standard InChI is InChI=1S/C22H26ClN3O2/c1-4-21(27)24-10-9-20-25-18-7-5-6-8-19(18)26(20)11-12-28-17-13-15(2)22(23)16(3)14-17/h5-8,13-14H,4,9-12H2,1-3H3,(H,24,27). The Balaban J connectivity index is 1.72. The summed E-state index contributed by atoms with van der Waals surface area (Å²) in [5.41, 5.74) is 4.05. The number of benzene rings is 2. The Morgan fingerprint density at radius 2 is 1.93 bits per heavy atom. The van der Waals surface area contributed by atoms with Gasteiger partial charge >= 0.3 is 0 Å². The van der Waals surface area contributed by atoms with E-state index in [0.717, 1.165) is 38.8 Å². The monoisotopic (exact) mass is 399 g/mol. The minimum Gasteiger partial charge on any atom is -0.492 e. The lowest BCUT2D eigenvalue weighted by Gasteiger charge is -2.13. The van der Waals surface area contributed by atoms with Crippen LogP contribution in [0.25, 0.3) is 11.0 Å². The van der Waals surface area contributed by atoms with Crippen LogP contribution in [0.15, 0.2) is 36.4 Å².